The molecule has 3 amide bonds. The number of anilines is 2. The lowest BCUT2D eigenvalue weighted by Crippen LogP contribution is -2.45. The summed E-state index contributed by atoms with van der Waals surface area (Å²) in [6.45, 7) is 21.9. The normalized spacial score (nSPS) is 17.4. The number of carboxylic acid groups (broad SMARTS) is 1. The lowest BCUT2D eigenvalue weighted by atomic mass is 9.93. The number of carbonyl (C=O) groups is 4. The summed E-state index contributed by atoms with van der Waals surface area (Å²) in [5.74, 6) is 0.637. The van der Waals surface area contributed by atoms with Crippen LogP contribution in [0.2, 0.25) is 10.3 Å². The predicted octanol–water partition coefficient (Wildman–Crippen LogP) is 11.8. The van der Waals surface area contributed by atoms with Crippen molar-refractivity contribution in [3.63, 3.8) is 0 Å². The molecule has 2 saturated heterocycles. The molecule has 8 aromatic heterocycles. The van der Waals surface area contributed by atoms with Crippen LogP contribution in [-0.2, 0) is 55.7 Å². The van der Waals surface area contributed by atoms with Gasteiger partial charge in [-0.2, -0.15) is 34.8 Å². The fourth-order valence-corrected chi connectivity index (χ4v) is 15.2. The summed E-state index contributed by atoms with van der Waals surface area (Å²) < 4.78 is 157. The van der Waals surface area contributed by atoms with Crippen LogP contribution < -0.4 is 30.0 Å². The number of nitrogens with two attached hydrogens (primary N) is 1. The van der Waals surface area contributed by atoms with E-state index in [9.17, 15) is 62.4 Å². The number of aromatic nitrogens is 16. The minimum Gasteiger partial charge on any atom is -0.478 e. The average molecular weight is 1720 g/mol. The zero-order chi connectivity index (χ0) is 85.5. The second-order valence-electron chi connectivity index (χ2n) is 32.0. The lowest BCUT2D eigenvalue weighted by Gasteiger charge is -2.33. The molecule has 2 saturated carbocycles. The molecule has 0 aromatic carbocycles. The second-order valence-corrected chi connectivity index (χ2v) is 35.9. The number of aryl methyl sites for hydroxylation is 2. The van der Waals surface area contributed by atoms with Crippen molar-refractivity contribution >= 4 is 78.9 Å². The molecule has 0 spiro atoms. The van der Waals surface area contributed by atoms with Crippen LogP contribution in [0, 0.1) is 22.7 Å². The predicted molar refractivity (Wildman–Crippen MR) is 409 cm³/mol. The Bertz CT molecular complexity index is 5080. The number of amides is 3. The van der Waals surface area contributed by atoms with E-state index >= 15 is 0 Å². The third kappa shape index (κ3) is 23.8. The number of aromatic carboxylic acids is 1. The maximum atomic E-state index is 13.2. The summed E-state index contributed by atoms with van der Waals surface area (Å²) in [6, 6.07) is 17.0. The molecule has 2 aliphatic heterocycles. The molecule has 35 nitrogen and oxygen atoms in total. The van der Waals surface area contributed by atoms with Crippen molar-refractivity contribution in [2.24, 2.45) is 27.8 Å². The van der Waals surface area contributed by atoms with Crippen LogP contribution in [0.1, 0.15) is 179 Å². The number of sulfonamides is 2. The minimum atomic E-state index is -4.48. The number of nitrogens with one attached hydrogen (secondary N) is 3. The van der Waals surface area contributed by atoms with Crippen LogP contribution >= 0.6 is 23.2 Å². The van der Waals surface area contributed by atoms with Crippen molar-refractivity contribution in [3.8, 4) is 23.4 Å². The Morgan fingerprint density at radius 3 is 1.38 bits per heavy atom. The van der Waals surface area contributed by atoms with Crippen LogP contribution in [-0.4, -0.2) is 197 Å². The molecule has 8 aromatic rings. The van der Waals surface area contributed by atoms with Gasteiger partial charge in [-0.3, -0.25) is 4.79 Å². The number of primary sulfonamides is 1. The summed E-state index contributed by atoms with van der Waals surface area (Å²) in [7, 11) is -8.36. The number of hydrogen-bond acceptors (Lipinski definition) is 26. The van der Waals surface area contributed by atoms with Gasteiger partial charge in [0.25, 0.3) is 26.0 Å². The Balaban J connectivity index is 0.000000206. The highest BCUT2D eigenvalue weighted by Gasteiger charge is 2.63. The molecular formula is C72H92Cl2F6N22O13S2. The third-order valence-electron chi connectivity index (χ3n) is 19.7. The minimum absolute atomic E-state index is 0.0705. The van der Waals surface area contributed by atoms with E-state index in [4.69, 9.17) is 52.4 Å². The van der Waals surface area contributed by atoms with Crippen molar-refractivity contribution in [2.75, 3.05) is 36.9 Å². The molecule has 636 valence electrons. The van der Waals surface area contributed by atoms with E-state index in [0.717, 1.165) is 38.5 Å². The van der Waals surface area contributed by atoms with Gasteiger partial charge in [0.15, 0.2) is 33.3 Å². The van der Waals surface area contributed by atoms with Crippen molar-refractivity contribution in [1.29, 1.82) is 0 Å². The Kier molecular flexibility index (Phi) is 27.1. The highest BCUT2D eigenvalue weighted by Crippen LogP contribution is 2.61. The molecular weight excluding hydrogens is 1630 g/mol. The third-order valence-corrected chi connectivity index (χ3v) is 22.4. The molecule has 2 atom stereocenters. The van der Waals surface area contributed by atoms with Gasteiger partial charge in [0.2, 0.25) is 11.8 Å². The number of rotatable bonds is 29. The van der Waals surface area contributed by atoms with E-state index in [-0.39, 0.29) is 150 Å². The largest absolute Gasteiger partial charge is 0.478 e. The molecule has 10 heterocycles. The Hall–Kier alpha value is -10.1. The van der Waals surface area contributed by atoms with Gasteiger partial charge in [0, 0.05) is 61.8 Å². The van der Waals surface area contributed by atoms with Gasteiger partial charge >= 0.3 is 30.5 Å². The summed E-state index contributed by atoms with van der Waals surface area (Å²) in [5.41, 5.74) is -5.39. The highest BCUT2D eigenvalue weighted by molar-refractivity contribution is 7.90. The van der Waals surface area contributed by atoms with E-state index < -0.39 is 71.3 Å². The number of pyridine rings is 4. The topological polar surface area (TPSA) is 437 Å². The van der Waals surface area contributed by atoms with E-state index in [0.29, 0.717) is 49.6 Å². The number of carboxylic acids is 1. The highest BCUT2D eigenvalue weighted by atomic mass is 35.5. The number of halogens is 8. The van der Waals surface area contributed by atoms with Crippen molar-refractivity contribution in [2.45, 2.75) is 217 Å². The maximum absolute atomic E-state index is 13.2. The van der Waals surface area contributed by atoms with Crippen molar-refractivity contribution in [3.05, 3.63) is 118 Å². The van der Waals surface area contributed by atoms with Gasteiger partial charge in [-0.15, -0.1) is 20.4 Å². The molecule has 45 heteroatoms. The van der Waals surface area contributed by atoms with E-state index in [1.54, 1.807) is 32.5 Å². The van der Waals surface area contributed by atoms with Crippen molar-refractivity contribution in [1.82, 2.24) is 94.4 Å². The summed E-state index contributed by atoms with van der Waals surface area (Å²) in [6.07, 6.45) is -0.904. The second kappa shape index (κ2) is 35.6. The molecule has 4 aliphatic rings. The average Bonchev–Trinajstić information content (AvgIpc) is 1.61. The number of likely N-dealkylation sites (tertiary alicyclic amines) is 2. The smallest absolute Gasteiger partial charge is 0.410 e. The number of ether oxygens (including phenoxy) is 4. The Morgan fingerprint density at radius 2 is 0.991 bits per heavy atom. The van der Waals surface area contributed by atoms with E-state index in [1.807, 2.05) is 65.0 Å². The number of tetrazole rings is 2. The molecule has 0 bridgehead atoms. The van der Waals surface area contributed by atoms with Crippen LogP contribution in [0.15, 0.2) is 95.2 Å². The van der Waals surface area contributed by atoms with Gasteiger partial charge in [-0.05, 0) is 228 Å². The quantitative estimate of drug-likeness (QED) is 0.0215. The summed E-state index contributed by atoms with van der Waals surface area (Å²) >= 11 is 12.1. The summed E-state index contributed by atoms with van der Waals surface area (Å²) in [4.78, 5) is 69.2. The number of nitrogens with zero attached hydrogens (tertiary/aromatic N) is 18. The first-order valence-corrected chi connectivity index (χ1v) is 41.0. The van der Waals surface area contributed by atoms with E-state index in [1.165, 1.54) is 76.4 Å². The van der Waals surface area contributed by atoms with Crippen LogP contribution in [0.5, 0.6) is 11.8 Å². The number of carbonyl (C=O) groups excluding carboxylic acids is 3. The van der Waals surface area contributed by atoms with Gasteiger partial charge in [0.1, 0.15) is 33.1 Å². The number of alkyl halides is 6. The van der Waals surface area contributed by atoms with E-state index in [2.05, 4.69) is 85.7 Å². The maximum Gasteiger partial charge on any atom is 0.410 e. The first kappa shape index (κ1) is 89.2. The molecule has 0 radical (unpaired) electrons. The van der Waals surface area contributed by atoms with Crippen LogP contribution in [0.3, 0.4) is 0 Å². The van der Waals surface area contributed by atoms with Gasteiger partial charge in [-0.25, -0.2) is 71.3 Å². The van der Waals surface area contributed by atoms with Crippen LogP contribution in [0.4, 0.5) is 47.6 Å². The SMILES string of the molecule is CC(C)(C)OC(=O)N1C[C@@H](CCCn2nnnc2CNc2cccc(S(=O)(=O)NC(=O)c3ccc(-n4ccc(OCCC5(C(F)(F)F)CC5)n4)nc3Cl)n2)CC1(C)C.CC(C)(C)OC(=O)N1C[C@@H](CCCn2nnnc2CNc2cccc(S(N)(=O)=O)n2)CC1(C)C.O=C(O)c1ccc(-n2ccc(OCCC3(C(F)(F)F)CC3)n2)nc1Cl. The molecule has 4 fully saturated rings. The zero-order valence-corrected chi connectivity index (χ0v) is 68.8. The molecule has 6 N–H and O–H groups in total. The molecule has 2 aliphatic carbocycles. The lowest BCUT2D eigenvalue weighted by molar-refractivity contribution is -0.190. The number of hydrogen-bond donors (Lipinski definition) is 5. The fourth-order valence-electron chi connectivity index (χ4n) is 13.3. The molecule has 12 rings (SSSR count). The molecule has 0 unspecified atom stereocenters. The fraction of sp³-hybridized carbons (Fsp3) is 0.556. The Morgan fingerprint density at radius 1 is 0.581 bits per heavy atom. The van der Waals surface area contributed by atoms with Crippen LogP contribution in [0.25, 0.3) is 11.6 Å². The Labute approximate surface area is 679 Å². The molecule has 117 heavy (non-hydrogen) atoms. The van der Waals surface area contributed by atoms with Gasteiger partial charge < -0.3 is 44.5 Å². The zero-order valence-electron chi connectivity index (χ0n) is 65.7. The van der Waals surface area contributed by atoms with Gasteiger partial charge in [0.05, 0.1) is 48.3 Å². The summed E-state index contributed by atoms with van der Waals surface area (Å²) in [5, 5.41) is 50.9. The van der Waals surface area contributed by atoms with Gasteiger partial charge in [-0.1, -0.05) is 35.3 Å². The standard InChI is InChI=1S/C36H45ClF3N11O6S.C21H34N8O4S.C15H13ClF3N3O3/c1-33(2,3)57-32(53)49-22-23(20-34(49,4)5)8-7-17-51-27(44-47-48-51)21-41-25-9-6-10-29(42-25)58(54,55)46-31(52)24-11-12-26(43-30(24)37)50-18-13-28(45-50)56-19-16-35(14-15-35)36(38,39)40;1-20(2,3)33-19(30)28-14-15(12-21(28,4)5)8-7-11-29-17(25-26-27-29)13-23-16-9-6-10-18(24-16)34(22,31)32;16-12-9(13(23)24)1-2-10(20-12)22-7-3-11(21-22)25-8-6-14(4-5-14)15(17,18)19/h6,9-13,18,23H,7-8,14-17,19-22H2,1-5H3,(H,41,42)(H,46,52);6,9-10,15H,7-8,11-14H2,1-5H3,(H,23,24)(H2,22,31,32);1-3,7H,4-6,8H2,(H,23,24)/t23-;15-;/m00./s1. The van der Waals surface area contributed by atoms with Crippen molar-refractivity contribution < 1.29 is 86.4 Å². The first-order valence-electron chi connectivity index (χ1n) is 37.2. The monoisotopic (exact) mass is 1720 g/mol. The first-order chi connectivity index (χ1) is 54.6.